The van der Waals surface area contributed by atoms with E-state index in [0.29, 0.717) is 103 Å². The molecule has 2 atom stereocenters. The molecule has 0 fully saturated rings. The molecule has 378 valence electrons. The fraction of sp³-hybridized carbons (Fsp3) is 0.565. The molecular weight excluding hydrogens is 893 g/mol. The number of anilines is 2. The van der Waals surface area contributed by atoms with Crippen LogP contribution in [0.3, 0.4) is 0 Å². The molecule has 0 aliphatic rings. The van der Waals surface area contributed by atoms with Gasteiger partial charge in [-0.3, -0.25) is 9.59 Å². The van der Waals surface area contributed by atoms with Crippen molar-refractivity contribution in [1.29, 1.82) is 0 Å². The van der Waals surface area contributed by atoms with Gasteiger partial charge in [-0.15, -0.1) is 0 Å². The Hall–Kier alpha value is -5.40. The molecule has 6 N–H and O–H groups in total. The molecule has 0 radical (unpaired) electrons. The second-order valence-electron chi connectivity index (χ2n) is 14.4. The lowest BCUT2D eigenvalue weighted by Crippen LogP contribution is -2.45. The lowest BCUT2D eigenvalue weighted by Gasteiger charge is -2.20. The topological polar surface area (TPSA) is 275 Å². The number of esters is 2. The summed E-state index contributed by atoms with van der Waals surface area (Å²) in [5.74, 6) is -4.04. The molecule has 0 unspecified atom stereocenters. The van der Waals surface area contributed by atoms with Crippen LogP contribution in [0.2, 0.25) is 0 Å². The van der Waals surface area contributed by atoms with Gasteiger partial charge < -0.3 is 78.8 Å². The van der Waals surface area contributed by atoms with Crippen LogP contribution in [-0.4, -0.2) is 189 Å². The molecule has 2 amide bonds. The summed E-state index contributed by atoms with van der Waals surface area (Å²) in [5, 5.41) is 31.3. The predicted molar refractivity (Wildman–Crippen MR) is 246 cm³/mol. The smallest absolute Gasteiger partial charge is 0.331 e. The molecule has 3 aromatic rings. The highest BCUT2D eigenvalue weighted by atomic mass is 16.6. The Balaban J connectivity index is 1.78. The molecule has 68 heavy (non-hydrogen) atoms. The molecule has 22 nitrogen and oxygen atoms in total. The fourth-order valence-corrected chi connectivity index (χ4v) is 5.60. The van der Waals surface area contributed by atoms with Gasteiger partial charge in [0, 0.05) is 40.5 Å². The molecule has 0 aliphatic carbocycles. The van der Waals surface area contributed by atoms with Gasteiger partial charge in [0.2, 0.25) is 0 Å². The van der Waals surface area contributed by atoms with Crippen molar-refractivity contribution in [3.05, 3.63) is 83.2 Å². The molecule has 3 rings (SSSR count). The molecule has 0 bridgehead atoms. The van der Waals surface area contributed by atoms with Crippen molar-refractivity contribution in [1.82, 2.24) is 20.6 Å². The van der Waals surface area contributed by atoms with Crippen LogP contribution in [0.5, 0.6) is 0 Å². The van der Waals surface area contributed by atoms with Crippen molar-refractivity contribution in [2.75, 3.05) is 144 Å². The van der Waals surface area contributed by atoms with Gasteiger partial charge in [0.25, 0.3) is 11.8 Å². The second kappa shape index (κ2) is 36.6. The molecule has 22 heteroatoms. The number of aliphatic hydroxyl groups is 2. The van der Waals surface area contributed by atoms with E-state index in [0.717, 1.165) is 0 Å². The van der Waals surface area contributed by atoms with Crippen molar-refractivity contribution in [3.8, 4) is 0 Å². The van der Waals surface area contributed by atoms with E-state index < -0.39 is 49.1 Å². The van der Waals surface area contributed by atoms with Crippen molar-refractivity contribution < 1.29 is 76.8 Å². The third-order valence-electron chi connectivity index (χ3n) is 9.19. The number of rotatable bonds is 40. The Kier molecular flexibility index (Phi) is 30.7. The Morgan fingerprint density at radius 2 is 0.809 bits per heavy atom. The van der Waals surface area contributed by atoms with E-state index in [9.17, 15) is 29.4 Å². The average Bonchev–Trinajstić information content (AvgIpc) is 3.36. The number of nitrogens with zero attached hydrogens (tertiary/aromatic N) is 2. The van der Waals surface area contributed by atoms with Crippen LogP contribution in [0.4, 0.5) is 11.6 Å². The van der Waals surface area contributed by atoms with E-state index in [4.69, 9.17) is 47.4 Å². The largest absolute Gasteiger partial charge is 0.459 e. The second-order valence-corrected chi connectivity index (χ2v) is 14.4. The molecule has 1 aromatic heterocycles. The van der Waals surface area contributed by atoms with Crippen molar-refractivity contribution >= 4 is 35.4 Å². The molecule has 0 aliphatic heterocycles. The fourth-order valence-electron chi connectivity index (χ4n) is 5.60. The van der Waals surface area contributed by atoms with Crippen LogP contribution in [-0.2, 0) is 70.2 Å². The van der Waals surface area contributed by atoms with Gasteiger partial charge in [0.05, 0.1) is 92.5 Å². The van der Waals surface area contributed by atoms with E-state index in [1.165, 1.54) is 0 Å². The normalized spacial score (nSPS) is 11.9. The summed E-state index contributed by atoms with van der Waals surface area (Å²) in [7, 11) is 3.19. The van der Waals surface area contributed by atoms with Gasteiger partial charge in [-0.1, -0.05) is 60.7 Å². The zero-order valence-electron chi connectivity index (χ0n) is 39.0. The zero-order valence-corrected chi connectivity index (χ0v) is 39.0. The summed E-state index contributed by atoms with van der Waals surface area (Å²) in [5.41, 5.74) is 0.690. The van der Waals surface area contributed by atoms with Gasteiger partial charge in [0.1, 0.15) is 13.2 Å². The van der Waals surface area contributed by atoms with Gasteiger partial charge in [0.15, 0.2) is 35.1 Å². The number of methoxy groups -OCH3 is 2. The van der Waals surface area contributed by atoms with Crippen LogP contribution < -0.4 is 21.3 Å². The number of amides is 2. The van der Waals surface area contributed by atoms with Crippen LogP contribution in [0.15, 0.2) is 60.7 Å². The van der Waals surface area contributed by atoms with Crippen molar-refractivity contribution in [2.45, 2.75) is 38.1 Å². The molecular formula is C46H68N6O16. The molecule has 0 spiro atoms. The number of hydrogen-bond acceptors (Lipinski definition) is 20. The highest BCUT2D eigenvalue weighted by Gasteiger charge is 2.30. The van der Waals surface area contributed by atoms with Crippen LogP contribution in [0.1, 0.15) is 44.9 Å². The number of benzene rings is 2. The summed E-state index contributed by atoms with van der Waals surface area (Å²) >= 11 is 0. The average molecular weight is 961 g/mol. The Bertz CT molecular complexity index is 1700. The lowest BCUT2D eigenvalue weighted by molar-refractivity contribution is -0.149. The first-order valence-corrected chi connectivity index (χ1v) is 22.4. The summed E-state index contributed by atoms with van der Waals surface area (Å²) in [6.07, 6.45) is 0.811. The summed E-state index contributed by atoms with van der Waals surface area (Å²) in [6, 6.07) is 14.7. The van der Waals surface area contributed by atoms with Crippen LogP contribution in [0, 0.1) is 0 Å². The van der Waals surface area contributed by atoms with E-state index in [-0.39, 0.29) is 62.5 Å². The maximum Gasteiger partial charge on any atom is 0.331 e. The lowest BCUT2D eigenvalue weighted by atomic mass is 10.2. The van der Waals surface area contributed by atoms with E-state index in [1.54, 1.807) is 62.8 Å². The summed E-state index contributed by atoms with van der Waals surface area (Å²) < 4.78 is 53.7. The third-order valence-corrected chi connectivity index (χ3v) is 9.19. The van der Waals surface area contributed by atoms with E-state index in [1.807, 2.05) is 12.1 Å². The summed E-state index contributed by atoms with van der Waals surface area (Å²) in [6.45, 7) is 3.93. The summed E-state index contributed by atoms with van der Waals surface area (Å²) in [4.78, 5) is 63.0. The third kappa shape index (κ3) is 24.1. The molecule has 0 saturated carbocycles. The molecule has 0 saturated heterocycles. The first-order chi connectivity index (χ1) is 33.3. The zero-order chi connectivity index (χ0) is 48.9. The molecule has 2 aromatic carbocycles. The minimum absolute atomic E-state index is 0.107. The maximum atomic E-state index is 14.0. The highest BCUT2D eigenvalue weighted by molar-refractivity contribution is 6.03. The number of aliphatic hydroxyl groups excluding tert-OH is 2. The Morgan fingerprint density at radius 1 is 0.485 bits per heavy atom. The Labute approximate surface area is 397 Å². The minimum Gasteiger partial charge on any atom is -0.459 e. The minimum atomic E-state index is -1.50. The van der Waals surface area contributed by atoms with Crippen LogP contribution in [0.25, 0.3) is 0 Å². The van der Waals surface area contributed by atoms with E-state index in [2.05, 4.69) is 31.2 Å². The Morgan fingerprint density at radius 3 is 1.13 bits per heavy atom. The maximum absolute atomic E-state index is 14.0. The SMILES string of the molecule is COCCOCCOCCOCCCNc1nc(C(=O)N[C@H](CO)C(=O)OCc2ccccc2)c(NCCCOCCOCCOCCOC)nc1C(=O)N[C@H](CO)C(=O)OCc1ccccc1. The molecule has 1 heterocycles. The van der Waals surface area contributed by atoms with Gasteiger partial charge in [-0.25, -0.2) is 19.6 Å². The number of carbonyl (C=O) groups excluding carboxylic acids is 4. The van der Waals surface area contributed by atoms with Crippen molar-refractivity contribution in [3.63, 3.8) is 0 Å². The van der Waals surface area contributed by atoms with Gasteiger partial charge in [-0.2, -0.15) is 0 Å². The monoisotopic (exact) mass is 960 g/mol. The number of hydrogen-bond donors (Lipinski definition) is 6. The van der Waals surface area contributed by atoms with Crippen molar-refractivity contribution in [2.24, 2.45) is 0 Å². The first-order valence-electron chi connectivity index (χ1n) is 22.4. The number of nitrogens with one attached hydrogen (secondary N) is 4. The predicted octanol–water partition coefficient (Wildman–Crippen LogP) is 1.14. The quantitative estimate of drug-likeness (QED) is 0.0344. The number of aromatic nitrogens is 2. The van der Waals surface area contributed by atoms with E-state index >= 15 is 0 Å². The highest BCUT2D eigenvalue weighted by Crippen LogP contribution is 2.20. The number of ether oxygens (including phenoxy) is 10. The van der Waals surface area contributed by atoms with Crippen LogP contribution >= 0.6 is 0 Å². The number of carbonyl (C=O) groups is 4. The first kappa shape index (κ1) is 56.9. The van der Waals surface area contributed by atoms with Gasteiger partial charge in [-0.05, 0) is 24.0 Å². The van der Waals surface area contributed by atoms with Gasteiger partial charge >= 0.3 is 11.9 Å². The standard InChI is InChI=1S/C46H68N6O16/c1-59-19-21-63-27-29-65-25-23-61-17-9-15-47-41-39(43(55)49-37(31-53)45(57)67-33-35-11-5-3-6-12-35)52-42(48-16-10-18-62-24-26-66-30-28-64-22-20-60-2)40(51-41)44(56)50-38(32-54)46(58)68-34-36-13-7-4-8-14-36/h3-8,11-14,37-38,53-54H,9-10,15-34H2,1-2H3,(H,47,51)(H,48,52)(H,49,55)(H,50,56)/t37-,38-/m1/s1.